The number of ether oxygens (including phenoxy) is 1. The smallest absolute Gasteiger partial charge is 0.265 e. The highest BCUT2D eigenvalue weighted by Crippen LogP contribution is 2.31. The minimum absolute atomic E-state index is 0.103. The SMILES string of the molecule is CC1Oc2ccc(CN3CCN(c4ccccc4)C(=O)C3)cc2NC1=O. The Morgan fingerprint density at radius 2 is 1.92 bits per heavy atom. The first kappa shape index (κ1) is 16.6. The molecule has 0 aromatic heterocycles. The van der Waals surface area contributed by atoms with Gasteiger partial charge in [0.1, 0.15) is 5.75 Å². The molecule has 134 valence electrons. The Hall–Kier alpha value is -2.86. The molecule has 1 N–H and O–H groups in total. The van der Waals surface area contributed by atoms with E-state index in [1.807, 2.05) is 53.4 Å². The number of amides is 2. The monoisotopic (exact) mass is 351 g/mol. The molecule has 1 saturated heterocycles. The lowest BCUT2D eigenvalue weighted by molar-refractivity contribution is -0.123. The number of anilines is 2. The van der Waals surface area contributed by atoms with Crippen molar-refractivity contribution in [1.82, 2.24) is 4.90 Å². The van der Waals surface area contributed by atoms with Gasteiger partial charge in [0.25, 0.3) is 5.91 Å². The van der Waals surface area contributed by atoms with Crippen molar-refractivity contribution in [2.24, 2.45) is 0 Å². The van der Waals surface area contributed by atoms with Crippen LogP contribution in [0.25, 0.3) is 0 Å². The Bertz CT molecular complexity index is 837. The Balaban J connectivity index is 1.42. The summed E-state index contributed by atoms with van der Waals surface area (Å²) in [5.41, 5.74) is 2.68. The molecule has 1 unspecified atom stereocenters. The van der Waals surface area contributed by atoms with Gasteiger partial charge in [-0.1, -0.05) is 24.3 Å². The average molecular weight is 351 g/mol. The van der Waals surface area contributed by atoms with Gasteiger partial charge in [-0.15, -0.1) is 0 Å². The molecule has 2 aliphatic heterocycles. The number of carbonyl (C=O) groups is 2. The minimum atomic E-state index is -0.475. The Morgan fingerprint density at radius 3 is 2.69 bits per heavy atom. The predicted octanol–water partition coefficient (Wildman–Crippen LogP) is 2.25. The lowest BCUT2D eigenvalue weighted by Crippen LogP contribution is -2.50. The summed E-state index contributed by atoms with van der Waals surface area (Å²) in [5.74, 6) is 0.651. The number of para-hydroxylation sites is 1. The normalized spacial score (nSPS) is 20.3. The van der Waals surface area contributed by atoms with Crippen LogP contribution in [0.4, 0.5) is 11.4 Å². The number of benzene rings is 2. The molecule has 4 rings (SSSR count). The molecule has 0 saturated carbocycles. The molecule has 6 nitrogen and oxygen atoms in total. The summed E-state index contributed by atoms with van der Waals surface area (Å²) < 4.78 is 5.58. The van der Waals surface area contributed by atoms with Gasteiger partial charge >= 0.3 is 0 Å². The summed E-state index contributed by atoms with van der Waals surface area (Å²) in [7, 11) is 0. The third-order valence-electron chi connectivity index (χ3n) is 4.75. The molecular formula is C20H21N3O3. The van der Waals surface area contributed by atoms with E-state index in [9.17, 15) is 9.59 Å². The highest BCUT2D eigenvalue weighted by atomic mass is 16.5. The van der Waals surface area contributed by atoms with Crippen LogP contribution in [0.2, 0.25) is 0 Å². The summed E-state index contributed by atoms with van der Waals surface area (Å²) in [5, 5.41) is 2.87. The molecule has 0 radical (unpaired) electrons. The second-order valence-electron chi connectivity index (χ2n) is 6.67. The van der Waals surface area contributed by atoms with Gasteiger partial charge < -0.3 is 15.0 Å². The molecule has 0 bridgehead atoms. The van der Waals surface area contributed by atoms with Crippen LogP contribution < -0.4 is 15.0 Å². The zero-order valence-electron chi connectivity index (χ0n) is 14.6. The predicted molar refractivity (Wildman–Crippen MR) is 99.2 cm³/mol. The van der Waals surface area contributed by atoms with Gasteiger partial charge in [0.2, 0.25) is 5.91 Å². The Kier molecular flexibility index (Phi) is 4.34. The van der Waals surface area contributed by atoms with Gasteiger partial charge in [0.15, 0.2) is 6.10 Å². The molecule has 2 aliphatic rings. The van der Waals surface area contributed by atoms with Gasteiger partial charge in [0, 0.05) is 25.3 Å². The van der Waals surface area contributed by atoms with E-state index in [4.69, 9.17) is 4.74 Å². The number of piperazine rings is 1. The van der Waals surface area contributed by atoms with Crippen molar-refractivity contribution in [3.63, 3.8) is 0 Å². The van der Waals surface area contributed by atoms with Crippen LogP contribution in [-0.2, 0) is 16.1 Å². The third-order valence-corrected chi connectivity index (χ3v) is 4.75. The van der Waals surface area contributed by atoms with E-state index in [1.165, 1.54) is 0 Å². The summed E-state index contributed by atoms with van der Waals surface area (Å²) in [6.45, 7) is 4.24. The van der Waals surface area contributed by atoms with Crippen molar-refractivity contribution in [2.45, 2.75) is 19.6 Å². The lowest BCUT2D eigenvalue weighted by Gasteiger charge is -2.34. The van der Waals surface area contributed by atoms with Gasteiger partial charge in [-0.2, -0.15) is 0 Å². The van der Waals surface area contributed by atoms with E-state index >= 15 is 0 Å². The van der Waals surface area contributed by atoms with E-state index in [-0.39, 0.29) is 11.8 Å². The standard InChI is InChI=1S/C20H21N3O3/c1-14-20(25)21-17-11-15(7-8-18(17)26-14)12-22-9-10-23(19(24)13-22)16-5-3-2-4-6-16/h2-8,11,14H,9-10,12-13H2,1H3,(H,21,25). The fourth-order valence-corrected chi connectivity index (χ4v) is 3.35. The van der Waals surface area contributed by atoms with Crippen molar-refractivity contribution in [3.8, 4) is 5.75 Å². The molecule has 2 aromatic rings. The second-order valence-corrected chi connectivity index (χ2v) is 6.67. The number of hydrogen-bond donors (Lipinski definition) is 1. The third kappa shape index (κ3) is 3.28. The van der Waals surface area contributed by atoms with Crippen LogP contribution in [0.1, 0.15) is 12.5 Å². The van der Waals surface area contributed by atoms with Gasteiger partial charge in [-0.05, 0) is 36.8 Å². The topological polar surface area (TPSA) is 61.9 Å². The van der Waals surface area contributed by atoms with E-state index in [0.29, 0.717) is 31.1 Å². The Labute approximate surface area is 152 Å². The molecule has 1 fully saturated rings. The maximum Gasteiger partial charge on any atom is 0.265 e. The minimum Gasteiger partial charge on any atom is -0.479 e. The first-order valence-corrected chi connectivity index (χ1v) is 8.78. The summed E-state index contributed by atoms with van der Waals surface area (Å²) >= 11 is 0. The first-order valence-electron chi connectivity index (χ1n) is 8.78. The number of carbonyl (C=O) groups excluding carboxylic acids is 2. The van der Waals surface area contributed by atoms with Gasteiger partial charge in [0.05, 0.1) is 12.2 Å². The number of fused-ring (bicyclic) bond motifs is 1. The molecule has 1 atom stereocenters. The summed E-state index contributed by atoms with van der Waals surface area (Å²) in [6.07, 6.45) is -0.475. The summed E-state index contributed by atoms with van der Waals surface area (Å²) in [6, 6.07) is 15.5. The molecular weight excluding hydrogens is 330 g/mol. The number of nitrogens with one attached hydrogen (secondary N) is 1. The van der Waals surface area contributed by atoms with Crippen LogP contribution in [-0.4, -0.2) is 42.5 Å². The average Bonchev–Trinajstić information content (AvgIpc) is 2.64. The first-order chi connectivity index (χ1) is 12.6. The highest BCUT2D eigenvalue weighted by molar-refractivity contribution is 5.97. The van der Waals surface area contributed by atoms with E-state index in [0.717, 1.165) is 17.8 Å². The maximum absolute atomic E-state index is 12.5. The fraction of sp³-hybridized carbons (Fsp3) is 0.300. The van der Waals surface area contributed by atoms with E-state index < -0.39 is 6.10 Å². The van der Waals surface area contributed by atoms with Crippen molar-refractivity contribution in [3.05, 3.63) is 54.1 Å². The van der Waals surface area contributed by atoms with Crippen molar-refractivity contribution < 1.29 is 14.3 Å². The van der Waals surface area contributed by atoms with Crippen molar-refractivity contribution in [2.75, 3.05) is 29.9 Å². The molecule has 26 heavy (non-hydrogen) atoms. The maximum atomic E-state index is 12.5. The molecule has 0 spiro atoms. The van der Waals surface area contributed by atoms with Crippen LogP contribution in [0.5, 0.6) is 5.75 Å². The van der Waals surface area contributed by atoms with E-state index in [2.05, 4.69) is 10.2 Å². The zero-order valence-corrected chi connectivity index (χ0v) is 14.6. The molecule has 2 amide bonds. The quantitative estimate of drug-likeness (QED) is 0.921. The molecule has 6 heteroatoms. The molecule has 2 aromatic carbocycles. The second kappa shape index (κ2) is 6.80. The van der Waals surface area contributed by atoms with Crippen molar-refractivity contribution in [1.29, 1.82) is 0 Å². The molecule has 2 heterocycles. The number of rotatable bonds is 3. The highest BCUT2D eigenvalue weighted by Gasteiger charge is 2.26. The molecule has 0 aliphatic carbocycles. The lowest BCUT2D eigenvalue weighted by atomic mass is 10.1. The Morgan fingerprint density at radius 1 is 1.12 bits per heavy atom. The van der Waals surface area contributed by atoms with Crippen LogP contribution in [0.3, 0.4) is 0 Å². The zero-order chi connectivity index (χ0) is 18.1. The van der Waals surface area contributed by atoms with E-state index in [1.54, 1.807) is 6.92 Å². The van der Waals surface area contributed by atoms with Crippen molar-refractivity contribution >= 4 is 23.2 Å². The van der Waals surface area contributed by atoms with Crippen LogP contribution in [0.15, 0.2) is 48.5 Å². The summed E-state index contributed by atoms with van der Waals surface area (Å²) in [4.78, 5) is 28.2. The van der Waals surface area contributed by atoms with Crippen LogP contribution in [0, 0.1) is 0 Å². The largest absolute Gasteiger partial charge is 0.479 e. The van der Waals surface area contributed by atoms with Gasteiger partial charge in [-0.25, -0.2) is 0 Å². The van der Waals surface area contributed by atoms with Gasteiger partial charge in [-0.3, -0.25) is 14.5 Å². The number of hydrogen-bond acceptors (Lipinski definition) is 4. The van der Waals surface area contributed by atoms with Crippen LogP contribution >= 0.6 is 0 Å². The number of nitrogens with zero attached hydrogens (tertiary/aromatic N) is 2. The fourth-order valence-electron chi connectivity index (χ4n) is 3.35.